The summed E-state index contributed by atoms with van der Waals surface area (Å²) in [4.78, 5) is 33.2. The van der Waals surface area contributed by atoms with Crippen molar-refractivity contribution in [3.05, 3.63) is 73.8 Å². The monoisotopic (exact) mass is 439 g/mol. The van der Waals surface area contributed by atoms with Crippen LogP contribution < -0.4 is 10.6 Å². The molecule has 8 nitrogen and oxygen atoms in total. The van der Waals surface area contributed by atoms with Gasteiger partial charge in [-0.1, -0.05) is 29.3 Å². The highest BCUT2D eigenvalue weighted by molar-refractivity contribution is 7.80. The van der Waals surface area contributed by atoms with Crippen LogP contribution in [-0.2, 0) is 4.79 Å². The number of anilines is 1. The van der Waals surface area contributed by atoms with E-state index in [9.17, 15) is 19.7 Å². The van der Waals surface area contributed by atoms with E-state index in [2.05, 4.69) is 10.6 Å². The van der Waals surface area contributed by atoms with E-state index in [0.29, 0.717) is 11.3 Å². The highest BCUT2D eigenvalue weighted by Crippen LogP contribution is 2.25. The fourth-order valence-corrected chi connectivity index (χ4v) is 2.63. The standard InChI is InChI=1S/C17H11Cl2N3O5S/c18-12-5-3-10(8-11(12)16(24)25)20-17(28)21-15(23)6-2-9-1-4-13(19)14(7-9)22(26)27/h1-8H,(H,24,25)(H2,20,21,23,28)/b6-2+. The van der Waals surface area contributed by atoms with Crippen molar-refractivity contribution in [2.24, 2.45) is 0 Å². The van der Waals surface area contributed by atoms with Crippen molar-refractivity contribution < 1.29 is 19.6 Å². The topological polar surface area (TPSA) is 122 Å². The number of thiocarbonyl (C=S) groups is 1. The maximum absolute atomic E-state index is 11.9. The first kappa shape index (κ1) is 21.3. The molecule has 0 saturated carbocycles. The summed E-state index contributed by atoms with van der Waals surface area (Å²) >= 11 is 16.5. The molecule has 2 rings (SSSR count). The first-order valence-electron chi connectivity index (χ1n) is 7.44. The number of hydrogen-bond acceptors (Lipinski definition) is 5. The molecule has 0 aromatic heterocycles. The molecule has 3 N–H and O–H groups in total. The summed E-state index contributed by atoms with van der Waals surface area (Å²) in [6, 6.07) is 8.23. The number of hydrogen-bond donors (Lipinski definition) is 3. The number of carbonyl (C=O) groups excluding carboxylic acids is 1. The van der Waals surface area contributed by atoms with E-state index < -0.39 is 16.8 Å². The van der Waals surface area contributed by atoms with Crippen molar-refractivity contribution >= 4 is 69.9 Å². The van der Waals surface area contributed by atoms with Crippen molar-refractivity contribution in [1.82, 2.24) is 5.32 Å². The third-order valence-electron chi connectivity index (χ3n) is 3.29. The van der Waals surface area contributed by atoms with Crippen LogP contribution in [0.2, 0.25) is 10.0 Å². The Bertz CT molecular complexity index is 1010. The predicted octanol–water partition coefficient (Wildman–Crippen LogP) is 4.13. The van der Waals surface area contributed by atoms with E-state index in [1.807, 2.05) is 0 Å². The zero-order valence-electron chi connectivity index (χ0n) is 13.8. The second-order valence-corrected chi connectivity index (χ2v) is 6.47. The van der Waals surface area contributed by atoms with E-state index in [1.54, 1.807) is 0 Å². The van der Waals surface area contributed by atoms with E-state index >= 15 is 0 Å². The number of benzene rings is 2. The molecule has 0 spiro atoms. The molecule has 2 aromatic carbocycles. The quantitative estimate of drug-likeness (QED) is 0.277. The SMILES string of the molecule is O=C(/C=C/c1ccc(Cl)c([N+](=O)[O-])c1)NC(=S)Nc1ccc(Cl)c(C(=O)O)c1. The zero-order chi connectivity index (χ0) is 20.8. The normalized spacial score (nSPS) is 10.5. The third kappa shape index (κ3) is 5.74. The van der Waals surface area contributed by atoms with Gasteiger partial charge >= 0.3 is 5.97 Å². The van der Waals surface area contributed by atoms with Gasteiger partial charge in [-0.3, -0.25) is 20.2 Å². The molecule has 0 aliphatic carbocycles. The first-order chi connectivity index (χ1) is 13.2. The van der Waals surface area contributed by atoms with Gasteiger partial charge in [-0.15, -0.1) is 0 Å². The minimum Gasteiger partial charge on any atom is -0.478 e. The second-order valence-electron chi connectivity index (χ2n) is 5.24. The molecule has 1 amide bonds. The molecule has 0 aliphatic rings. The summed E-state index contributed by atoms with van der Waals surface area (Å²) in [6.07, 6.45) is 2.48. The van der Waals surface area contributed by atoms with Gasteiger partial charge in [0.1, 0.15) is 5.02 Å². The van der Waals surface area contributed by atoms with Crippen molar-refractivity contribution in [2.45, 2.75) is 0 Å². The summed E-state index contributed by atoms with van der Waals surface area (Å²) in [5, 5.41) is 24.9. The van der Waals surface area contributed by atoms with Crippen LogP contribution in [0.5, 0.6) is 0 Å². The molecule has 2 aromatic rings. The lowest BCUT2D eigenvalue weighted by Crippen LogP contribution is -2.32. The number of nitrogens with zero attached hydrogens (tertiary/aromatic N) is 1. The number of nitro groups is 1. The maximum atomic E-state index is 11.9. The van der Waals surface area contributed by atoms with Gasteiger partial charge in [-0.2, -0.15) is 0 Å². The number of carboxylic acid groups (broad SMARTS) is 1. The van der Waals surface area contributed by atoms with Crippen molar-refractivity contribution in [3.8, 4) is 0 Å². The van der Waals surface area contributed by atoms with Crippen LogP contribution in [0.4, 0.5) is 11.4 Å². The Labute approximate surface area is 173 Å². The number of carboxylic acids is 1. The Balaban J connectivity index is 2.01. The number of nitro benzene ring substituents is 1. The number of carbonyl (C=O) groups is 2. The highest BCUT2D eigenvalue weighted by atomic mass is 35.5. The van der Waals surface area contributed by atoms with E-state index in [4.69, 9.17) is 40.5 Å². The van der Waals surface area contributed by atoms with Crippen LogP contribution in [0, 0.1) is 10.1 Å². The summed E-state index contributed by atoms with van der Waals surface area (Å²) in [5.74, 6) is -1.80. The van der Waals surface area contributed by atoms with Crippen LogP contribution >= 0.6 is 35.4 Å². The molecule has 0 atom stereocenters. The summed E-state index contributed by atoms with van der Waals surface area (Å²) in [7, 11) is 0. The number of nitrogens with one attached hydrogen (secondary N) is 2. The molecule has 0 bridgehead atoms. The highest BCUT2D eigenvalue weighted by Gasteiger charge is 2.12. The minimum atomic E-state index is -1.21. The fourth-order valence-electron chi connectivity index (χ4n) is 2.03. The van der Waals surface area contributed by atoms with Crippen molar-refractivity contribution in [2.75, 3.05) is 5.32 Å². The van der Waals surface area contributed by atoms with Gasteiger partial charge in [0, 0.05) is 17.8 Å². The molecule has 11 heteroatoms. The first-order valence-corrected chi connectivity index (χ1v) is 8.60. The van der Waals surface area contributed by atoms with Gasteiger partial charge in [-0.25, -0.2) is 4.79 Å². The van der Waals surface area contributed by atoms with Crippen LogP contribution in [0.25, 0.3) is 6.08 Å². The molecule has 28 heavy (non-hydrogen) atoms. The molecule has 0 radical (unpaired) electrons. The molecule has 144 valence electrons. The van der Waals surface area contributed by atoms with Gasteiger partial charge in [-0.05, 0) is 48.1 Å². The van der Waals surface area contributed by atoms with Gasteiger partial charge in [0.05, 0.1) is 15.5 Å². The lowest BCUT2D eigenvalue weighted by Gasteiger charge is -2.09. The number of rotatable bonds is 5. The Hall–Kier alpha value is -3.01. The van der Waals surface area contributed by atoms with Gasteiger partial charge in [0.2, 0.25) is 5.91 Å². The zero-order valence-corrected chi connectivity index (χ0v) is 16.1. The Morgan fingerprint density at radius 3 is 2.46 bits per heavy atom. The average Bonchev–Trinajstić information content (AvgIpc) is 2.62. The number of aromatic carboxylic acids is 1. The van der Waals surface area contributed by atoms with Crippen LogP contribution in [0.15, 0.2) is 42.5 Å². The summed E-state index contributed by atoms with van der Waals surface area (Å²) in [5.41, 5.74) is 0.321. The van der Waals surface area contributed by atoms with E-state index in [-0.39, 0.29) is 26.4 Å². The number of halogens is 2. The third-order valence-corrected chi connectivity index (χ3v) is 4.14. The second kappa shape index (κ2) is 9.27. The molecule has 0 aliphatic heterocycles. The summed E-state index contributed by atoms with van der Waals surface area (Å²) in [6.45, 7) is 0. The van der Waals surface area contributed by atoms with Gasteiger partial charge < -0.3 is 10.4 Å². The largest absolute Gasteiger partial charge is 0.478 e. The summed E-state index contributed by atoms with van der Waals surface area (Å²) < 4.78 is 0. The van der Waals surface area contributed by atoms with Gasteiger partial charge in [0.25, 0.3) is 5.69 Å². The fraction of sp³-hybridized carbons (Fsp3) is 0. The Morgan fingerprint density at radius 1 is 1.14 bits per heavy atom. The Kier molecular flexibility index (Phi) is 7.05. The van der Waals surface area contributed by atoms with E-state index in [1.165, 1.54) is 42.5 Å². The molecular formula is C17H11Cl2N3O5S. The van der Waals surface area contributed by atoms with Gasteiger partial charge in [0.15, 0.2) is 5.11 Å². The van der Waals surface area contributed by atoms with Crippen LogP contribution in [0.1, 0.15) is 15.9 Å². The smallest absolute Gasteiger partial charge is 0.337 e. The lowest BCUT2D eigenvalue weighted by atomic mass is 10.2. The van der Waals surface area contributed by atoms with Crippen molar-refractivity contribution in [1.29, 1.82) is 0 Å². The van der Waals surface area contributed by atoms with Crippen LogP contribution in [-0.4, -0.2) is 27.0 Å². The Morgan fingerprint density at radius 2 is 1.82 bits per heavy atom. The van der Waals surface area contributed by atoms with E-state index in [0.717, 1.165) is 6.08 Å². The molecule has 0 saturated heterocycles. The predicted molar refractivity (Wildman–Crippen MR) is 110 cm³/mol. The molecule has 0 fully saturated rings. The minimum absolute atomic E-state index is 0.0133. The molecular weight excluding hydrogens is 429 g/mol. The number of amides is 1. The average molecular weight is 440 g/mol. The van der Waals surface area contributed by atoms with Crippen LogP contribution in [0.3, 0.4) is 0 Å². The lowest BCUT2D eigenvalue weighted by molar-refractivity contribution is -0.384. The molecule has 0 heterocycles. The van der Waals surface area contributed by atoms with Crippen molar-refractivity contribution in [3.63, 3.8) is 0 Å². The maximum Gasteiger partial charge on any atom is 0.337 e. The molecule has 0 unspecified atom stereocenters.